The Bertz CT molecular complexity index is 622. The molecule has 0 bridgehead atoms. The van der Waals surface area contributed by atoms with Crippen LogP contribution in [0.5, 0.6) is 0 Å². The summed E-state index contributed by atoms with van der Waals surface area (Å²) in [5.41, 5.74) is 1.97. The van der Waals surface area contributed by atoms with Gasteiger partial charge in [-0.05, 0) is 44.4 Å². The molecule has 0 spiro atoms. The minimum atomic E-state index is -0.178. The second-order valence-electron chi connectivity index (χ2n) is 7.19. The van der Waals surface area contributed by atoms with Gasteiger partial charge in [-0.25, -0.2) is 0 Å². The first-order valence-electron chi connectivity index (χ1n) is 9.14. The third-order valence-electron chi connectivity index (χ3n) is 4.93. The SMILES string of the molecule is Cc1cccc(NC(=O)C(C)N2CCN(CC(=O)NC3CC3)CC2)c1. The number of hydrogen-bond donors (Lipinski definition) is 2. The first kappa shape index (κ1) is 17.9. The average molecular weight is 344 g/mol. The third-order valence-corrected chi connectivity index (χ3v) is 4.93. The lowest BCUT2D eigenvalue weighted by Crippen LogP contribution is -2.54. The summed E-state index contributed by atoms with van der Waals surface area (Å²) in [7, 11) is 0. The molecule has 3 rings (SSSR count). The summed E-state index contributed by atoms with van der Waals surface area (Å²) >= 11 is 0. The number of anilines is 1. The number of hydrogen-bond acceptors (Lipinski definition) is 4. The standard InChI is InChI=1S/C19H28N4O2/c1-14-4-3-5-17(12-14)21-19(25)15(2)23-10-8-22(9-11-23)13-18(24)20-16-6-7-16/h3-5,12,15-16H,6-11,13H2,1-2H3,(H,20,24)(H,21,25). The molecule has 2 amide bonds. The zero-order valence-corrected chi connectivity index (χ0v) is 15.1. The molecule has 0 radical (unpaired) electrons. The van der Waals surface area contributed by atoms with Gasteiger partial charge in [0.15, 0.2) is 0 Å². The van der Waals surface area contributed by atoms with Gasteiger partial charge in [-0.15, -0.1) is 0 Å². The van der Waals surface area contributed by atoms with Gasteiger partial charge in [0, 0.05) is 37.9 Å². The molecule has 136 valence electrons. The molecule has 25 heavy (non-hydrogen) atoms. The van der Waals surface area contributed by atoms with Gasteiger partial charge in [-0.3, -0.25) is 19.4 Å². The summed E-state index contributed by atoms with van der Waals surface area (Å²) in [5, 5.41) is 6.02. The lowest BCUT2D eigenvalue weighted by molar-refractivity contribution is -0.124. The Morgan fingerprint density at radius 1 is 1.20 bits per heavy atom. The molecule has 1 aromatic carbocycles. The molecule has 1 saturated carbocycles. The molecule has 2 aliphatic rings. The molecule has 1 aromatic rings. The fourth-order valence-corrected chi connectivity index (χ4v) is 3.15. The molecule has 1 heterocycles. The summed E-state index contributed by atoms with van der Waals surface area (Å²) in [6.45, 7) is 7.67. The highest BCUT2D eigenvalue weighted by atomic mass is 16.2. The first-order valence-corrected chi connectivity index (χ1v) is 9.14. The highest BCUT2D eigenvalue weighted by Crippen LogP contribution is 2.18. The van der Waals surface area contributed by atoms with Crippen LogP contribution in [0.4, 0.5) is 5.69 Å². The molecule has 2 N–H and O–H groups in total. The summed E-state index contributed by atoms with van der Waals surface area (Å²) < 4.78 is 0. The van der Waals surface area contributed by atoms with Gasteiger partial charge < -0.3 is 10.6 Å². The highest BCUT2D eigenvalue weighted by Gasteiger charge is 2.28. The molecular formula is C19H28N4O2. The van der Waals surface area contributed by atoms with Crippen molar-refractivity contribution in [1.29, 1.82) is 0 Å². The van der Waals surface area contributed by atoms with Gasteiger partial charge >= 0.3 is 0 Å². The van der Waals surface area contributed by atoms with Gasteiger partial charge in [-0.1, -0.05) is 12.1 Å². The van der Waals surface area contributed by atoms with E-state index in [2.05, 4.69) is 20.4 Å². The summed E-state index contributed by atoms with van der Waals surface area (Å²) in [4.78, 5) is 28.7. The minimum absolute atomic E-state index is 0.0190. The Kier molecular flexibility index (Phi) is 5.71. The molecule has 1 saturated heterocycles. The molecule has 1 unspecified atom stereocenters. The van der Waals surface area contributed by atoms with Crippen LogP contribution in [-0.2, 0) is 9.59 Å². The lowest BCUT2D eigenvalue weighted by Gasteiger charge is -2.37. The van der Waals surface area contributed by atoms with Crippen LogP contribution < -0.4 is 10.6 Å². The summed E-state index contributed by atoms with van der Waals surface area (Å²) in [5.74, 6) is 0.145. The number of benzene rings is 1. The summed E-state index contributed by atoms with van der Waals surface area (Å²) in [6, 6.07) is 8.08. The molecule has 6 nitrogen and oxygen atoms in total. The zero-order valence-electron chi connectivity index (χ0n) is 15.1. The molecule has 0 aromatic heterocycles. The average Bonchev–Trinajstić information content (AvgIpc) is 3.38. The molecule has 1 aliphatic heterocycles. The Labute approximate surface area is 149 Å². The van der Waals surface area contributed by atoms with Crippen LogP contribution in [0.1, 0.15) is 25.3 Å². The van der Waals surface area contributed by atoms with E-state index < -0.39 is 0 Å². The predicted octanol–water partition coefficient (Wildman–Crippen LogP) is 1.22. The van der Waals surface area contributed by atoms with Crippen molar-refractivity contribution in [2.45, 2.75) is 38.8 Å². The van der Waals surface area contributed by atoms with Crippen molar-refractivity contribution >= 4 is 17.5 Å². The van der Waals surface area contributed by atoms with Crippen molar-refractivity contribution < 1.29 is 9.59 Å². The van der Waals surface area contributed by atoms with Gasteiger partial charge in [0.05, 0.1) is 12.6 Å². The van der Waals surface area contributed by atoms with E-state index in [-0.39, 0.29) is 17.9 Å². The van der Waals surface area contributed by atoms with Gasteiger partial charge in [-0.2, -0.15) is 0 Å². The van der Waals surface area contributed by atoms with Crippen molar-refractivity contribution in [3.63, 3.8) is 0 Å². The maximum atomic E-state index is 12.5. The van der Waals surface area contributed by atoms with Crippen molar-refractivity contribution in [2.24, 2.45) is 0 Å². The number of nitrogens with zero attached hydrogens (tertiary/aromatic N) is 2. The van der Waals surface area contributed by atoms with Gasteiger partial charge in [0.1, 0.15) is 0 Å². The third kappa shape index (κ3) is 5.28. The molecular weight excluding hydrogens is 316 g/mol. The molecule has 1 aliphatic carbocycles. The smallest absolute Gasteiger partial charge is 0.241 e. The van der Waals surface area contributed by atoms with Crippen LogP contribution in [0.2, 0.25) is 0 Å². The van der Waals surface area contributed by atoms with E-state index in [1.165, 1.54) is 0 Å². The van der Waals surface area contributed by atoms with Crippen LogP contribution >= 0.6 is 0 Å². The number of amides is 2. The number of carbonyl (C=O) groups is 2. The Morgan fingerprint density at radius 3 is 2.56 bits per heavy atom. The summed E-state index contributed by atoms with van der Waals surface area (Å²) in [6.07, 6.45) is 2.24. The van der Waals surface area contributed by atoms with E-state index in [0.717, 1.165) is 50.3 Å². The Morgan fingerprint density at radius 2 is 1.92 bits per heavy atom. The van der Waals surface area contributed by atoms with Crippen molar-refractivity contribution in [2.75, 3.05) is 38.0 Å². The first-order chi connectivity index (χ1) is 12.0. The lowest BCUT2D eigenvalue weighted by atomic mass is 10.2. The number of nitrogens with one attached hydrogen (secondary N) is 2. The second-order valence-corrected chi connectivity index (χ2v) is 7.19. The molecule has 6 heteroatoms. The Hall–Kier alpha value is -1.92. The normalized spacial score (nSPS) is 20.1. The number of carbonyl (C=O) groups excluding carboxylic acids is 2. The predicted molar refractivity (Wildman–Crippen MR) is 98.4 cm³/mol. The van der Waals surface area contributed by atoms with Crippen LogP contribution in [0.3, 0.4) is 0 Å². The number of piperazine rings is 1. The van der Waals surface area contributed by atoms with Gasteiger partial charge in [0.2, 0.25) is 11.8 Å². The van der Waals surface area contributed by atoms with E-state index in [4.69, 9.17) is 0 Å². The highest BCUT2D eigenvalue weighted by molar-refractivity contribution is 5.94. The monoisotopic (exact) mass is 344 g/mol. The fourth-order valence-electron chi connectivity index (χ4n) is 3.15. The van der Waals surface area contributed by atoms with E-state index in [0.29, 0.717) is 12.6 Å². The van der Waals surface area contributed by atoms with E-state index >= 15 is 0 Å². The van der Waals surface area contributed by atoms with Crippen LogP contribution in [0, 0.1) is 6.92 Å². The van der Waals surface area contributed by atoms with Crippen molar-refractivity contribution in [1.82, 2.24) is 15.1 Å². The number of aryl methyl sites for hydroxylation is 1. The van der Waals surface area contributed by atoms with E-state index in [9.17, 15) is 9.59 Å². The largest absolute Gasteiger partial charge is 0.352 e. The second kappa shape index (κ2) is 7.97. The molecule has 2 fully saturated rings. The zero-order chi connectivity index (χ0) is 17.8. The van der Waals surface area contributed by atoms with Crippen LogP contribution in [0.15, 0.2) is 24.3 Å². The maximum Gasteiger partial charge on any atom is 0.241 e. The minimum Gasteiger partial charge on any atom is -0.352 e. The molecule has 1 atom stereocenters. The topological polar surface area (TPSA) is 64.7 Å². The van der Waals surface area contributed by atoms with E-state index in [1.807, 2.05) is 38.1 Å². The van der Waals surface area contributed by atoms with E-state index in [1.54, 1.807) is 0 Å². The number of rotatable bonds is 6. The Balaban J connectivity index is 1.43. The van der Waals surface area contributed by atoms with Crippen LogP contribution in [-0.4, -0.2) is 66.4 Å². The van der Waals surface area contributed by atoms with Gasteiger partial charge in [0.25, 0.3) is 0 Å². The fraction of sp³-hybridized carbons (Fsp3) is 0.579. The van der Waals surface area contributed by atoms with Crippen LogP contribution in [0.25, 0.3) is 0 Å². The maximum absolute atomic E-state index is 12.5. The quantitative estimate of drug-likeness (QED) is 0.814. The van der Waals surface area contributed by atoms with Crippen molar-refractivity contribution in [3.05, 3.63) is 29.8 Å². The van der Waals surface area contributed by atoms with Crippen molar-refractivity contribution in [3.8, 4) is 0 Å².